The van der Waals surface area contributed by atoms with Crippen LogP contribution in [0.5, 0.6) is 0 Å². The molecule has 0 saturated heterocycles. The molecule has 1 N–H and O–H groups in total. The van der Waals surface area contributed by atoms with E-state index in [1.54, 1.807) is 4.90 Å². The standard InChI is InChI=1S/C24H43N/c1-4-7-9-10-11-12-16-21-25(24-18-14-13-15-19-24)22-20-23(6-3)17-8-5-2/h13-15,18-19,23H,4-12,16-17,20-22H2,1-3H3/p+1. The molecule has 144 valence electrons. The fourth-order valence-electron chi connectivity index (χ4n) is 3.81. The SMILES string of the molecule is CCCCCCCCC[NH+](CCC(CC)CCCC)c1ccccc1. The van der Waals surface area contributed by atoms with Gasteiger partial charge in [-0.2, -0.15) is 0 Å². The molecule has 0 spiro atoms. The van der Waals surface area contributed by atoms with Gasteiger partial charge in [0.05, 0.1) is 13.1 Å². The molecule has 1 rings (SSSR count). The number of unbranched alkanes of at least 4 members (excludes halogenated alkanes) is 7. The number of benzene rings is 1. The highest BCUT2D eigenvalue weighted by Crippen LogP contribution is 2.16. The minimum Gasteiger partial charge on any atom is -0.302 e. The van der Waals surface area contributed by atoms with Crippen molar-refractivity contribution in [3.05, 3.63) is 30.3 Å². The van der Waals surface area contributed by atoms with E-state index in [1.165, 1.54) is 95.8 Å². The maximum atomic E-state index is 2.37. The quantitative estimate of drug-likeness (QED) is 0.323. The van der Waals surface area contributed by atoms with Crippen molar-refractivity contribution < 1.29 is 4.90 Å². The highest BCUT2D eigenvalue weighted by molar-refractivity contribution is 5.27. The van der Waals surface area contributed by atoms with Crippen LogP contribution in [0.15, 0.2) is 30.3 Å². The highest BCUT2D eigenvalue weighted by atomic mass is 15.1. The van der Waals surface area contributed by atoms with Crippen molar-refractivity contribution in [2.75, 3.05) is 13.1 Å². The van der Waals surface area contributed by atoms with E-state index in [0.29, 0.717) is 0 Å². The second-order valence-electron chi connectivity index (χ2n) is 7.80. The van der Waals surface area contributed by atoms with Crippen LogP contribution in [0.25, 0.3) is 0 Å². The fourth-order valence-corrected chi connectivity index (χ4v) is 3.81. The zero-order valence-electron chi connectivity index (χ0n) is 17.4. The Hall–Kier alpha value is -0.820. The first kappa shape index (κ1) is 22.2. The molecule has 0 aliphatic heterocycles. The van der Waals surface area contributed by atoms with E-state index in [2.05, 4.69) is 51.1 Å². The minimum atomic E-state index is 0.924. The van der Waals surface area contributed by atoms with Crippen LogP contribution in [0.3, 0.4) is 0 Å². The van der Waals surface area contributed by atoms with Crippen LogP contribution < -0.4 is 4.90 Å². The van der Waals surface area contributed by atoms with E-state index in [1.807, 2.05) is 0 Å². The van der Waals surface area contributed by atoms with Gasteiger partial charge >= 0.3 is 0 Å². The van der Waals surface area contributed by atoms with Crippen molar-refractivity contribution in [2.24, 2.45) is 5.92 Å². The Morgan fingerprint density at radius 2 is 1.32 bits per heavy atom. The van der Waals surface area contributed by atoms with Gasteiger partial charge in [-0.15, -0.1) is 0 Å². The van der Waals surface area contributed by atoms with Gasteiger partial charge in [-0.25, -0.2) is 0 Å². The summed E-state index contributed by atoms with van der Waals surface area (Å²) in [5.41, 5.74) is 1.50. The van der Waals surface area contributed by atoms with E-state index < -0.39 is 0 Å². The Morgan fingerprint density at radius 1 is 0.680 bits per heavy atom. The Morgan fingerprint density at radius 3 is 1.96 bits per heavy atom. The second-order valence-corrected chi connectivity index (χ2v) is 7.80. The van der Waals surface area contributed by atoms with Crippen LogP contribution in [-0.2, 0) is 0 Å². The number of para-hydroxylation sites is 1. The lowest BCUT2D eigenvalue weighted by molar-refractivity contribution is -0.833. The average molecular weight is 347 g/mol. The zero-order valence-corrected chi connectivity index (χ0v) is 17.4. The summed E-state index contributed by atoms with van der Waals surface area (Å²) in [7, 11) is 0. The molecule has 0 fully saturated rings. The van der Waals surface area contributed by atoms with Crippen molar-refractivity contribution >= 4 is 5.69 Å². The Kier molecular flexibility index (Phi) is 13.7. The Labute approximate surface area is 158 Å². The lowest BCUT2D eigenvalue weighted by Crippen LogP contribution is -3.07. The van der Waals surface area contributed by atoms with Gasteiger partial charge in [-0.05, 0) is 37.3 Å². The van der Waals surface area contributed by atoms with E-state index in [0.717, 1.165) is 5.92 Å². The summed E-state index contributed by atoms with van der Waals surface area (Å²) in [6.45, 7) is 9.60. The Balaban J connectivity index is 2.39. The van der Waals surface area contributed by atoms with Gasteiger partial charge in [0.25, 0.3) is 0 Å². The largest absolute Gasteiger partial charge is 0.302 e. The summed E-state index contributed by atoms with van der Waals surface area (Å²) in [6.07, 6.45) is 16.7. The van der Waals surface area contributed by atoms with Crippen LogP contribution in [0.1, 0.15) is 97.8 Å². The molecule has 0 aromatic heterocycles. The molecule has 0 heterocycles. The van der Waals surface area contributed by atoms with Crippen LogP contribution >= 0.6 is 0 Å². The molecule has 0 radical (unpaired) electrons. The number of hydrogen-bond acceptors (Lipinski definition) is 0. The van der Waals surface area contributed by atoms with Gasteiger partial charge in [0.15, 0.2) is 0 Å². The van der Waals surface area contributed by atoms with E-state index >= 15 is 0 Å². The monoisotopic (exact) mass is 346 g/mol. The third-order valence-electron chi connectivity index (χ3n) is 5.66. The van der Waals surface area contributed by atoms with Crippen molar-refractivity contribution in [2.45, 2.75) is 97.8 Å². The van der Waals surface area contributed by atoms with Crippen molar-refractivity contribution in [3.8, 4) is 0 Å². The second kappa shape index (κ2) is 15.4. The average Bonchev–Trinajstić information content (AvgIpc) is 2.66. The van der Waals surface area contributed by atoms with Crippen molar-refractivity contribution in [1.82, 2.24) is 0 Å². The van der Waals surface area contributed by atoms with E-state index in [4.69, 9.17) is 0 Å². The van der Waals surface area contributed by atoms with Gasteiger partial charge in [-0.1, -0.05) is 96.8 Å². The summed E-state index contributed by atoms with van der Waals surface area (Å²) < 4.78 is 0. The first-order valence-corrected chi connectivity index (χ1v) is 11.2. The first-order chi connectivity index (χ1) is 12.3. The van der Waals surface area contributed by atoms with Gasteiger partial charge in [0.1, 0.15) is 5.69 Å². The molecular formula is C24H44N+. The molecule has 1 nitrogen and oxygen atoms in total. The van der Waals surface area contributed by atoms with E-state index in [-0.39, 0.29) is 0 Å². The number of hydrogen-bond donors (Lipinski definition) is 1. The molecule has 2 atom stereocenters. The number of rotatable bonds is 16. The smallest absolute Gasteiger partial charge is 0.131 e. The molecule has 0 aliphatic carbocycles. The van der Waals surface area contributed by atoms with E-state index in [9.17, 15) is 0 Å². The molecule has 0 aliphatic rings. The lowest BCUT2D eigenvalue weighted by atomic mass is 9.95. The molecular weight excluding hydrogens is 302 g/mol. The summed E-state index contributed by atoms with van der Waals surface area (Å²) in [6, 6.07) is 11.2. The summed E-state index contributed by atoms with van der Waals surface area (Å²) >= 11 is 0. The molecule has 25 heavy (non-hydrogen) atoms. The number of quaternary nitrogens is 1. The molecule has 1 aromatic carbocycles. The summed E-state index contributed by atoms with van der Waals surface area (Å²) in [5, 5.41) is 0. The predicted octanol–water partition coefficient (Wildman–Crippen LogP) is 6.56. The lowest BCUT2D eigenvalue weighted by Gasteiger charge is -2.22. The third kappa shape index (κ3) is 10.7. The number of nitrogens with one attached hydrogen (secondary N) is 1. The molecule has 0 saturated carbocycles. The normalized spacial score (nSPS) is 13.7. The highest BCUT2D eigenvalue weighted by Gasteiger charge is 2.14. The molecule has 1 aromatic rings. The molecule has 2 unspecified atom stereocenters. The molecule has 0 bridgehead atoms. The molecule has 1 heteroatoms. The van der Waals surface area contributed by atoms with Crippen LogP contribution in [0.2, 0.25) is 0 Å². The van der Waals surface area contributed by atoms with Crippen LogP contribution in [0, 0.1) is 5.92 Å². The van der Waals surface area contributed by atoms with Crippen molar-refractivity contribution in [1.29, 1.82) is 0 Å². The van der Waals surface area contributed by atoms with Gasteiger partial charge in [0.2, 0.25) is 0 Å². The fraction of sp³-hybridized carbons (Fsp3) is 0.750. The van der Waals surface area contributed by atoms with Crippen LogP contribution in [0.4, 0.5) is 5.69 Å². The van der Waals surface area contributed by atoms with Gasteiger partial charge in [-0.3, -0.25) is 0 Å². The maximum absolute atomic E-state index is 2.37. The first-order valence-electron chi connectivity index (χ1n) is 11.2. The van der Waals surface area contributed by atoms with Crippen LogP contribution in [-0.4, -0.2) is 13.1 Å². The third-order valence-corrected chi connectivity index (χ3v) is 5.66. The van der Waals surface area contributed by atoms with Gasteiger partial charge in [0, 0.05) is 0 Å². The summed E-state index contributed by atoms with van der Waals surface area (Å²) in [5.74, 6) is 0.924. The summed E-state index contributed by atoms with van der Waals surface area (Å²) in [4.78, 5) is 1.71. The topological polar surface area (TPSA) is 4.44 Å². The molecule has 0 amide bonds. The minimum absolute atomic E-state index is 0.924. The van der Waals surface area contributed by atoms with Gasteiger partial charge < -0.3 is 4.90 Å². The Bertz CT molecular complexity index is 386. The van der Waals surface area contributed by atoms with Crippen molar-refractivity contribution in [3.63, 3.8) is 0 Å². The maximum Gasteiger partial charge on any atom is 0.131 e. The zero-order chi connectivity index (χ0) is 18.2. The predicted molar refractivity (Wildman–Crippen MR) is 113 cm³/mol.